The Kier molecular flexibility index (Phi) is 6.43. The van der Waals surface area contributed by atoms with Gasteiger partial charge in [-0.05, 0) is 38.3 Å². The summed E-state index contributed by atoms with van der Waals surface area (Å²) in [5, 5.41) is 0. The molecule has 0 aliphatic carbocycles. The summed E-state index contributed by atoms with van der Waals surface area (Å²) < 4.78 is 11.4. The molecule has 0 N–H and O–H groups in total. The molecule has 0 aromatic heterocycles. The molecule has 1 aromatic rings. The van der Waals surface area contributed by atoms with Crippen LogP contribution in [0.1, 0.15) is 80.9 Å². The lowest BCUT2D eigenvalue weighted by molar-refractivity contribution is -0.128. The van der Waals surface area contributed by atoms with Gasteiger partial charge in [-0.1, -0.05) is 39.0 Å². The molecule has 1 aliphatic rings. The summed E-state index contributed by atoms with van der Waals surface area (Å²) in [6.07, 6.45) is 5.17. The van der Waals surface area contributed by atoms with Gasteiger partial charge in [-0.3, -0.25) is 0 Å². The van der Waals surface area contributed by atoms with Crippen LogP contribution in [0.2, 0.25) is 0 Å². The highest BCUT2D eigenvalue weighted by Crippen LogP contribution is 2.42. The average Bonchev–Trinajstić information content (AvgIpc) is 2.46. The van der Waals surface area contributed by atoms with Gasteiger partial charge < -0.3 is 9.47 Å². The Morgan fingerprint density at radius 2 is 1.78 bits per heavy atom. The van der Waals surface area contributed by atoms with Crippen LogP contribution in [0.25, 0.3) is 0 Å². The van der Waals surface area contributed by atoms with E-state index in [1.807, 2.05) is 39.8 Å². The maximum absolute atomic E-state index is 12.3. The van der Waals surface area contributed by atoms with Gasteiger partial charge in [0, 0.05) is 25.3 Å². The average molecular weight is 318 g/mol. The molecule has 0 unspecified atom stereocenters. The number of rotatable bonds is 3. The molecule has 0 spiro atoms. The first kappa shape index (κ1) is 19.3. The number of benzene rings is 1. The van der Waals surface area contributed by atoms with E-state index in [9.17, 15) is 4.79 Å². The molecule has 2 rings (SSSR count). The van der Waals surface area contributed by atoms with Crippen LogP contribution in [0, 0.1) is 13.8 Å². The van der Waals surface area contributed by atoms with E-state index in [4.69, 9.17) is 9.47 Å². The van der Waals surface area contributed by atoms with E-state index in [-0.39, 0.29) is 11.9 Å². The standard InChI is InChI=1S/C18H24O3.C2H6/c1-7-9-13(8-2)14-11(3)10-12(4)15-16(14)20-18(5,6)21-17(15)19;1-2/h7,9-10,13H,8H2,1-6H3;1-2H3/b9-7+;/t13-;/m0./s1. The van der Waals surface area contributed by atoms with Crippen molar-refractivity contribution in [2.75, 3.05) is 0 Å². The van der Waals surface area contributed by atoms with Crippen LogP contribution < -0.4 is 4.74 Å². The summed E-state index contributed by atoms with van der Waals surface area (Å²) >= 11 is 0. The number of carbonyl (C=O) groups excluding carboxylic acids is 1. The Morgan fingerprint density at radius 3 is 2.30 bits per heavy atom. The minimum atomic E-state index is -0.923. The van der Waals surface area contributed by atoms with E-state index in [0.29, 0.717) is 11.3 Å². The van der Waals surface area contributed by atoms with Gasteiger partial charge in [0.2, 0.25) is 5.79 Å². The summed E-state index contributed by atoms with van der Waals surface area (Å²) in [5.74, 6) is -0.284. The molecule has 1 aliphatic heterocycles. The predicted octanol–water partition coefficient (Wildman–Crippen LogP) is 5.68. The van der Waals surface area contributed by atoms with Crippen LogP contribution in [-0.4, -0.2) is 11.8 Å². The van der Waals surface area contributed by atoms with Crippen LogP contribution in [0.5, 0.6) is 5.75 Å². The van der Waals surface area contributed by atoms with E-state index in [0.717, 1.165) is 23.1 Å². The predicted molar refractivity (Wildman–Crippen MR) is 95.2 cm³/mol. The van der Waals surface area contributed by atoms with Gasteiger partial charge in [-0.15, -0.1) is 0 Å². The fourth-order valence-corrected chi connectivity index (χ4v) is 3.00. The Hall–Kier alpha value is -1.77. The van der Waals surface area contributed by atoms with Crippen molar-refractivity contribution in [3.8, 4) is 5.75 Å². The minimum Gasteiger partial charge on any atom is -0.452 e. The summed E-state index contributed by atoms with van der Waals surface area (Å²) in [6, 6.07) is 2.04. The van der Waals surface area contributed by atoms with Crippen molar-refractivity contribution in [1.82, 2.24) is 0 Å². The summed E-state index contributed by atoms with van der Waals surface area (Å²) in [7, 11) is 0. The minimum absolute atomic E-state index is 0.242. The molecule has 3 heteroatoms. The SMILES string of the molecule is C/C=C/[C@H](CC)c1c(C)cc(C)c2c1OC(C)(C)OC2=O.CC. The number of ether oxygens (including phenoxy) is 2. The second-order valence-corrected chi connectivity index (χ2v) is 6.06. The third-order valence-corrected chi connectivity index (χ3v) is 3.85. The van der Waals surface area contributed by atoms with Gasteiger partial charge in [0.1, 0.15) is 11.3 Å². The molecular weight excluding hydrogens is 288 g/mol. The van der Waals surface area contributed by atoms with Crippen molar-refractivity contribution in [2.24, 2.45) is 0 Å². The molecular formula is C20H30O3. The molecule has 3 nitrogen and oxygen atoms in total. The van der Waals surface area contributed by atoms with Gasteiger partial charge in [0.15, 0.2) is 0 Å². The summed E-state index contributed by atoms with van der Waals surface area (Å²) in [6.45, 7) is 15.7. The van der Waals surface area contributed by atoms with Crippen molar-refractivity contribution in [2.45, 2.75) is 73.5 Å². The Morgan fingerprint density at radius 1 is 1.17 bits per heavy atom. The summed E-state index contributed by atoms with van der Waals surface area (Å²) in [5.41, 5.74) is 3.72. The topological polar surface area (TPSA) is 35.5 Å². The van der Waals surface area contributed by atoms with E-state index in [1.165, 1.54) is 0 Å². The van der Waals surface area contributed by atoms with Crippen molar-refractivity contribution in [3.63, 3.8) is 0 Å². The molecule has 1 aromatic carbocycles. The lowest BCUT2D eigenvalue weighted by Crippen LogP contribution is -2.40. The van der Waals surface area contributed by atoms with Gasteiger partial charge >= 0.3 is 5.97 Å². The highest BCUT2D eigenvalue weighted by molar-refractivity contribution is 5.96. The smallest absolute Gasteiger partial charge is 0.345 e. The van der Waals surface area contributed by atoms with Crippen LogP contribution in [-0.2, 0) is 4.74 Å². The zero-order valence-corrected chi connectivity index (χ0v) is 15.7. The Labute approximate surface area is 140 Å². The zero-order valence-electron chi connectivity index (χ0n) is 15.7. The molecule has 0 saturated heterocycles. The van der Waals surface area contributed by atoms with E-state index < -0.39 is 5.79 Å². The largest absolute Gasteiger partial charge is 0.452 e. The lowest BCUT2D eigenvalue weighted by Gasteiger charge is -2.35. The van der Waals surface area contributed by atoms with Crippen LogP contribution in [0.4, 0.5) is 0 Å². The number of aryl methyl sites for hydroxylation is 2. The highest BCUT2D eigenvalue weighted by Gasteiger charge is 2.37. The lowest BCUT2D eigenvalue weighted by atomic mass is 9.87. The number of hydrogen-bond acceptors (Lipinski definition) is 3. The molecule has 128 valence electrons. The molecule has 1 atom stereocenters. The molecule has 0 radical (unpaired) electrons. The van der Waals surface area contributed by atoms with Crippen LogP contribution in [0.15, 0.2) is 18.2 Å². The maximum Gasteiger partial charge on any atom is 0.345 e. The first-order chi connectivity index (χ1) is 10.8. The first-order valence-electron chi connectivity index (χ1n) is 8.50. The molecule has 0 fully saturated rings. The monoisotopic (exact) mass is 318 g/mol. The third-order valence-electron chi connectivity index (χ3n) is 3.85. The third kappa shape index (κ3) is 3.95. The second-order valence-electron chi connectivity index (χ2n) is 6.06. The molecule has 23 heavy (non-hydrogen) atoms. The number of allylic oxidation sites excluding steroid dienone is 2. The number of hydrogen-bond donors (Lipinski definition) is 0. The van der Waals surface area contributed by atoms with Gasteiger partial charge in [0.05, 0.1) is 0 Å². The van der Waals surface area contributed by atoms with Gasteiger partial charge in [0.25, 0.3) is 0 Å². The van der Waals surface area contributed by atoms with Gasteiger partial charge in [-0.2, -0.15) is 0 Å². The van der Waals surface area contributed by atoms with Crippen LogP contribution >= 0.6 is 0 Å². The molecule has 0 saturated carbocycles. The quantitative estimate of drug-likeness (QED) is 0.531. The summed E-state index contributed by atoms with van der Waals surface area (Å²) in [4.78, 5) is 12.3. The zero-order chi connectivity index (χ0) is 17.8. The highest BCUT2D eigenvalue weighted by atomic mass is 16.7. The fraction of sp³-hybridized carbons (Fsp3) is 0.550. The fourth-order valence-electron chi connectivity index (χ4n) is 3.00. The second kappa shape index (κ2) is 7.67. The van der Waals surface area contributed by atoms with Crippen molar-refractivity contribution < 1.29 is 14.3 Å². The Bertz CT molecular complexity index is 597. The number of carbonyl (C=O) groups is 1. The number of cyclic esters (lactones) is 1. The molecule has 0 bridgehead atoms. The molecule has 1 heterocycles. The van der Waals surface area contributed by atoms with Gasteiger partial charge in [-0.25, -0.2) is 4.79 Å². The van der Waals surface area contributed by atoms with Crippen molar-refractivity contribution in [1.29, 1.82) is 0 Å². The number of esters is 1. The van der Waals surface area contributed by atoms with Crippen LogP contribution in [0.3, 0.4) is 0 Å². The van der Waals surface area contributed by atoms with Crippen molar-refractivity contribution in [3.05, 3.63) is 40.5 Å². The normalized spacial score (nSPS) is 16.8. The van der Waals surface area contributed by atoms with E-state index in [1.54, 1.807) is 13.8 Å². The van der Waals surface area contributed by atoms with Crippen molar-refractivity contribution >= 4 is 5.97 Å². The molecule has 0 amide bonds. The van der Waals surface area contributed by atoms with E-state index in [2.05, 4.69) is 19.9 Å². The van der Waals surface area contributed by atoms with E-state index >= 15 is 0 Å². The first-order valence-corrected chi connectivity index (χ1v) is 8.50. The Balaban J connectivity index is 0.00000127. The maximum atomic E-state index is 12.3. The number of fused-ring (bicyclic) bond motifs is 1.